The van der Waals surface area contributed by atoms with Crippen LogP contribution in [0, 0.1) is 0 Å². The Morgan fingerprint density at radius 3 is 2.33 bits per heavy atom. The van der Waals surface area contributed by atoms with Crippen molar-refractivity contribution in [3.05, 3.63) is 0 Å². The molecule has 15 heavy (non-hydrogen) atoms. The summed E-state index contributed by atoms with van der Waals surface area (Å²) in [5, 5.41) is 0. The third kappa shape index (κ3) is 4.12. The highest BCUT2D eigenvalue weighted by Gasteiger charge is 2.31. The van der Waals surface area contributed by atoms with Gasteiger partial charge < -0.3 is 9.64 Å². The van der Waals surface area contributed by atoms with Gasteiger partial charge in [-0.25, -0.2) is 0 Å². The summed E-state index contributed by atoms with van der Waals surface area (Å²) in [5.41, 5.74) is -0.00512. The molecule has 0 N–H and O–H groups in total. The van der Waals surface area contributed by atoms with Crippen LogP contribution in [0.3, 0.4) is 0 Å². The Morgan fingerprint density at radius 2 is 1.80 bits per heavy atom. The number of likely N-dealkylation sites (N-methyl/N-ethyl adjacent to an activating group) is 1. The van der Waals surface area contributed by atoms with Gasteiger partial charge in [0, 0.05) is 6.04 Å². The summed E-state index contributed by atoms with van der Waals surface area (Å²) < 4.78 is 6.17. The van der Waals surface area contributed by atoms with Gasteiger partial charge in [0.05, 0.1) is 11.7 Å². The zero-order valence-corrected chi connectivity index (χ0v) is 11.0. The van der Waals surface area contributed by atoms with Crippen LogP contribution in [0.15, 0.2) is 0 Å². The molecule has 1 rings (SSSR count). The fourth-order valence-corrected chi connectivity index (χ4v) is 2.41. The van der Waals surface area contributed by atoms with Crippen molar-refractivity contribution in [2.24, 2.45) is 0 Å². The van der Waals surface area contributed by atoms with Crippen molar-refractivity contribution in [3.63, 3.8) is 0 Å². The first kappa shape index (κ1) is 13.0. The molecular formula is C13H27NO. The van der Waals surface area contributed by atoms with E-state index in [2.05, 4.69) is 39.6 Å². The normalized spacial score (nSPS) is 28.4. The summed E-state index contributed by atoms with van der Waals surface area (Å²) in [6.07, 6.45) is 5.65. The molecule has 1 saturated carbocycles. The number of hydrogen-bond donors (Lipinski definition) is 0. The molecule has 0 aromatic carbocycles. The third-order valence-electron chi connectivity index (χ3n) is 3.24. The van der Waals surface area contributed by atoms with Crippen LogP contribution in [-0.2, 0) is 4.74 Å². The van der Waals surface area contributed by atoms with Crippen molar-refractivity contribution in [2.75, 3.05) is 13.6 Å². The minimum atomic E-state index is -0.00512. The molecule has 2 atom stereocenters. The van der Waals surface area contributed by atoms with E-state index in [0.29, 0.717) is 12.1 Å². The standard InChI is InChI=1S/C13H27NO/c1-6-14(5)11-9-7-8-10-12(11)15-13(2,3)4/h11-12H,6-10H2,1-5H3/t11-,12?/m1/s1. The first-order chi connectivity index (χ1) is 6.94. The maximum atomic E-state index is 6.17. The third-order valence-corrected chi connectivity index (χ3v) is 3.24. The molecule has 2 nitrogen and oxygen atoms in total. The lowest BCUT2D eigenvalue weighted by Gasteiger charge is -2.40. The smallest absolute Gasteiger partial charge is 0.0737 e. The fourth-order valence-electron chi connectivity index (χ4n) is 2.41. The SMILES string of the molecule is CCN(C)[C@@H]1CCCCC1OC(C)(C)C. The van der Waals surface area contributed by atoms with Gasteiger partial charge in [-0.15, -0.1) is 0 Å². The lowest BCUT2D eigenvalue weighted by atomic mass is 9.91. The monoisotopic (exact) mass is 213 g/mol. The van der Waals surface area contributed by atoms with E-state index < -0.39 is 0 Å². The Kier molecular flexibility index (Phi) is 4.60. The van der Waals surface area contributed by atoms with Crippen LogP contribution in [-0.4, -0.2) is 36.2 Å². The number of rotatable bonds is 3. The highest BCUT2D eigenvalue weighted by atomic mass is 16.5. The molecule has 2 heteroatoms. The van der Waals surface area contributed by atoms with Gasteiger partial charge in [0.15, 0.2) is 0 Å². The minimum absolute atomic E-state index is 0.00512. The van der Waals surface area contributed by atoms with E-state index in [4.69, 9.17) is 4.74 Å². The van der Waals surface area contributed by atoms with Crippen molar-refractivity contribution in [3.8, 4) is 0 Å². The van der Waals surface area contributed by atoms with Crippen LogP contribution in [0.1, 0.15) is 53.4 Å². The predicted molar refractivity (Wildman–Crippen MR) is 65.2 cm³/mol. The molecule has 0 aromatic heterocycles. The molecule has 0 aromatic rings. The quantitative estimate of drug-likeness (QED) is 0.714. The maximum absolute atomic E-state index is 6.17. The zero-order valence-electron chi connectivity index (χ0n) is 11.0. The van der Waals surface area contributed by atoms with Crippen LogP contribution < -0.4 is 0 Å². The Hall–Kier alpha value is -0.0800. The van der Waals surface area contributed by atoms with Gasteiger partial charge in [-0.3, -0.25) is 0 Å². The number of ether oxygens (including phenoxy) is 1. The molecule has 0 saturated heterocycles. The van der Waals surface area contributed by atoms with E-state index in [1.54, 1.807) is 0 Å². The Bertz CT molecular complexity index is 185. The van der Waals surface area contributed by atoms with E-state index in [1.165, 1.54) is 25.7 Å². The molecule has 1 unspecified atom stereocenters. The van der Waals surface area contributed by atoms with Gasteiger partial charge in [-0.1, -0.05) is 19.8 Å². The maximum Gasteiger partial charge on any atom is 0.0737 e. The van der Waals surface area contributed by atoms with Crippen LogP contribution in [0.25, 0.3) is 0 Å². The summed E-state index contributed by atoms with van der Waals surface area (Å²) in [6.45, 7) is 9.82. The summed E-state index contributed by atoms with van der Waals surface area (Å²) in [6, 6.07) is 0.628. The molecule has 1 aliphatic carbocycles. The first-order valence-electron chi connectivity index (χ1n) is 6.32. The minimum Gasteiger partial charge on any atom is -0.371 e. The Morgan fingerprint density at radius 1 is 1.20 bits per heavy atom. The van der Waals surface area contributed by atoms with Crippen molar-refractivity contribution >= 4 is 0 Å². The molecule has 1 fully saturated rings. The van der Waals surface area contributed by atoms with E-state index in [1.807, 2.05) is 0 Å². The summed E-state index contributed by atoms with van der Waals surface area (Å²) in [4.78, 5) is 2.44. The molecular weight excluding hydrogens is 186 g/mol. The predicted octanol–water partition coefficient (Wildman–Crippen LogP) is 3.06. The molecule has 90 valence electrons. The highest BCUT2D eigenvalue weighted by Crippen LogP contribution is 2.28. The van der Waals surface area contributed by atoms with Crippen LogP contribution in [0.5, 0.6) is 0 Å². The zero-order chi connectivity index (χ0) is 11.5. The van der Waals surface area contributed by atoms with Gasteiger partial charge in [-0.2, -0.15) is 0 Å². The lowest BCUT2D eigenvalue weighted by molar-refractivity contribution is -0.105. The Balaban J connectivity index is 2.57. The summed E-state index contributed by atoms with van der Waals surface area (Å²) >= 11 is 0. The second kappa shape index (κ2) is 5.31. The van der Waals surface area contributed by atoms with Crippen molar-refractivity contribution in [1.29, 1.82) is 0 Å². The average molecular weight is 213 g/mol. The van der Waals surface area contributed by atoms with Crippen molar-refractivity contribution < 1.29 is 4.74 Å². The van der Waals surface area contributed by atoms with Crippen LogP contribution in [0.4, 0.5) is 0 Å². The average Bonchev–Trinajstić information content (AvgIpc) is 2.15. The van der Waals surface area contributed by atoms with Crippen LogP contribution >= 0.6 is 0 Å². The van der Waals surface area contributed by atoms with Gasteiger partial charge in [-0.05, 0) is 47.2 Å². The molecule has 0 radical (unpaired) electrons. The fraction of sp³-hybridized carbons (Fsp3) is 1.00. The summed E-state index contributed by atoms with van der Waals surface area (Å²) in [5.74, 6) is 0. The molecule has 0 spiro atoms. The largest absolute Gasteiger partial charge is 0.371 e. The lowest BCUT2D eigenvalue weighted by Crippen LogP contribution is -2.47. The first-order valence-corrected chi connectivity index (χ1v) is 6.32. The topological polar surface area (TPSA) is 12.5 Å². The van der Waals surface area contributed by atoms with Crippen LogP contribution in [0.2, 0.25) is 0 Å². The molecule has 1 aliphatic rings. The van der Waals surface area contributed by atoms with Crippen molar-refractivity contribution in [2.45, 2.75) is 71.1 Å². The molecule has 0 amide bonds. The number of nitrogens with zero attached hydrogens (tertiary/aromatic N) is 1. The van der Waals surface area contributed by atoms with Gasteiger partial charge in [0.2, 0.25) is 0 Å². The van der Waals surface area contributed by atoms with Gasteiger partial charge in [0.25, 0.3) is 0 Å². The molecule has 0 heterocycles. The molecule has 0 bridgehead atoms. The highest BCUT2D eigenvalue weighted by molar-refractivity contribution is 4.84. The summed E-state index contributed by atoms with van der Waals surface area (Å²) in [7, 11) is 2.22. The van der Waals surface area contributed by atoms with E-state index in [9.17, 15) is 0 Å². The van der Waals surface area contributed by atoms with Gasteiger partial charge in [0.1, 0.15) is 0 Å². The second-order valence-corrected chi connectivity index (χ2v) is 5.69. The molecule has 0 aliphatic heterocycles. The van der Waals surface area contributed by atoms with E-state index >= 15 is 0 Å². The van der Waals surface area contributed by atoms with Gasteiger partial charge >= 0.3 is 0 Å². The van der Waals surface area contributed by atoms with E-state index in [-0.39, 0.29) is 5.60 Å². The number of hydrogen-bond acceptors (Lipinski definition) is 2. The second-order valence-electron chi connectivity index (χ2n) is 5.69. The van der Waals surface area contributed by atoms with E-state index in [0.717, 1.165) is 6.54 Å². The Labute approximate surface area is 95.0 Å². The van der Waals surface area contributed by atoms with Crippen molar-refractivity contribution in [1.82, 2.24) is 4.90 Å².